The van der Waals surface area contributed by atoms with E-state index in [1.807, 2.05) is 43.5 Å². The molecule has 6 nitrogen and oxygen atoms in total. The SMILES string of the molecule is CCOc1ccc(-c2cc(CCCC(=O)NCC3C=NC(C)CCC3)no2)cc1. The second kappa shape index (κ2) is 10.8. The predicted octanol–water partition coefficient (Wildman–Crippen LogP) is 4.44. The molecule has 6 heteroatoms. The number of amides is 1. The van der Waals surface area contributed by atoms with Gasteiger partial charge in [0.05, 0.1) is 12.3 Å². The van der Waals surface area contributed by atoms with E-state index in [2.05, 4.69) is 22.4 Å². The van der Waals surface area contributed by atoms with Crippen LogP contribution in [0, 0.1) is 5.92 Å². The number of aromatic nitrogens is 1. The molecule has 1 aromatic carbocycles. The van der Waals surface area contributed by atoms with Crippen molar-refractivity contribution >= 4 is 12.1 Å². The number of carbonyl (C=O) groups excluding carboxylic acids is 1. The Hall–Kier alpha value is -2.63. The van der Waals surface area contributed by atoms with E-state index in [0.717, 1.165) is 48.5 Å². The largest absolute Gasteiger partial charge is 0.494 e. The van der Waals surface area contributed by atoms with Gasteiger partial charge in [0.15, 0.2) is 5.76 Å². The summed E-state index contributed by atoms with van der Waals surface area (Å²) in [6.45, 7) is 5.43. The number of carbonyl (C=O) groups is 1. The van der Waals surface area contributed by atoms with Gasteiger partial charge in [0.25, 0.3) is 0 Å². The lowest BCUT2D eigenvalue weighted by molar-refractivity contribution is -0.121. The first-order valence-electron chi connectivity index (χ1n) is 10.6. The highest BCUT2D eigenvalue weighted by atomic mass is 16.5. The van der Waals surface area contributed by atoms with E-state index in [0.29, 0.717) is 31.5 Å². The second-order valence-corrected chi connectivity index (χ2v) is 7.64. The van der Waals surface area contributed by atoms with Gasteiger partial charge in [-0.05, 0) is 63.8 Å². The average Bonchev–Trinajstić information content (AvgIpc) is 3.09. The van der Waals surface area contributed by atoms with Crippen LogP contribution in [0.15, 0.2) is 39.8 Å². The Kier molecular flexibility index (Phi) is 7.85. The molecule has 0 fully saturated rings. The zero-order valence-corrected chi connectivity index (χ0v) is 17.4. The number of aryl methyl sites for hydroxylation is 1. The molecule has 0 radical (unpaired) electrons. The van der Waals surface area contributed by atoms with Gasteiger partial charge < -0.3 is 14.6 Å². The second-order valence-electron chi connectivity index (χ2n) is 7.64. The molecule has 0 saturated heterocycles. The minimum atomic E-state index is 0.0888. The minimum Gasteiger partial charge on any atom is -0.494 e. The quantitative estimate of drug-likeness (QED) is 0.679. The van der Waals surface area contributed by atoms with Crippen molar-refractivity contribution in [1.29, 1.82) is 0 Å². The van der Waals surface area contributed by atoms with Crippen LogP contribution in [0.5, 0.6) is 5.75 Å². The Bertz CT molecular complexity index is 798. The minimum absolute atomic E-state index is 0.0888. The normalized spacial score (nSPS) is 19.0. The molecule has 29 heavy (non-hydrogen) atoms. The first-order valence-corrected chi connectivity index (χ1v) is 10.6. The third-order valence-electron chi connectivity index (χ3n) is 5.16. The van der Waals surface area contributed by atoms with Gasteiger partial charge in [-0.25, -0.2) is 0 Å². The fourth-order valence-corrected chi connectivity index (χ4v) is 3.46. The number of rotatable bonds is 9. The molecule has 0 bridgehead atoms. The van der Waals surface area contributed by atoms with E-state index in [4.69, 9.17) is 9.26 Å². The molecule has 2 atom stereocenters. The molecule has 1 aliphatic rings. The zero-order valence-electron chi connectivity index (χ0n) is 17.4. The van der Waals surface area contributed by atoms with Gasteiger partial charge in [-0.2, -0.15) is 0 Å². The lowest BCUT2D eigenvalue weighted by Crippen LogP contribution is -2.29. The number of nitrogens with one attached hydrogen (secondary N) is 1. The summed E-state index contributed by atoms with van der Waals surface area (Å²) in [5.74, 6) is 2.02. The van der Waals surface area contributed by atoms with Crippen molar-refractivity contribution in [3.63, 3.8) is 0 Å². The van der Waals surface area contributed by atoms with E-state index >= 15 is 0 Å². The van der Waals surface area contributed by atoms with Crippen molar-refractivity contribution in [2.24, 2.45) is 10.9 Å². The van der Waals surface area contributed by atoms with E-state index in [9.17, 15) is 4.79 Å². The first kappa shape index (κ1) is 21.1. The standard InChI is InChI=1S/C23H31N3O3/c1-3-28-21-12-10-19(11-13-21)22-14-20(26-29-22)8-5-9-23(27)25-16-18-7-4-6-17(2)24-15-18/h10-15,17-18H,3-9,16H2,1-2H3,(H,25,27). The van der Waals surface area contributed by atoms with E-state index in [1.54, 1.807) is 0 Å². The monoisotopic (exact) mass is 397 g/mol. The lowest BCUT2D eigenvalue weighted by Gasteiger charge is -2.11. The van der Waals surface area contributed by atoms with Crippen molar-refractivity contribution in [2.45, 2.75) is 58.4 Å². The third-order valence-corrected chi connectivity index (χ3v) is 5.16. The molecule has 0 saturated carbocycles. The van der Waals surface area contributed by atoms with Crippen LogP contribution in [0.25, 0.3) is 11.3 Å². The number of benzene rings is 1. The van der Waals surface area contributed by atoms with Gasteiger partial charge >= 0.3 is 0 Å². The van der Waals surface area contributed by atoms with Gasteiger partial charge in [-0.3, -0.25) is 9.79 Å². The predicted molar refractivity (Wildman–Crippen MR) is 114 cm³/mol. The highest BCUT2D eigenvalue weighted by Crippen LogP contribution is 2.23. The molecule has 1 aromatic heterocycles. The average molecular weight is 398 g/mol. The molecule has 156 valence electrons. The molecule has 3 rings (SSSR count). The van der Waals surface area contributed by atoms with Crippen molar-refractivity contribution in [3.8, 4) is 17.1 Å². The van der Waals surface area contributed by atoms with Gasteiger partial charge in [0, 0.05) is 42.8 Å². The van der Waals surface area contributed by atoms with Crippen LogP contribution in [-0.2, 0) is 11.2 Å². The number of aliphatic imine (C=N–C) groups is 1. The molecular formula is C23H31N3O3. The van der Waals surface area contributed by atoms with E-state index < -0.39 is 0 Å². The Morgan fingerprint density at radius 1 is 1.28 bits per heavy atom. The number of ether oxygens (including phenoxy) is 1. The highest BCUT2D eigenvalue weighted by molar-refractivity contribution is 5.76. The Morgan fingerprint density at radius 3 is 2.90 bits per heavy atom. The summed E-state index contributed by atoms with van der Waals surface area (Å²) in [7, 11) is 0. The summed E-state index contributed by atoms with van der Waals surface area (Å²) in [4.78, 5) is 16.7. The highest BCUT2D eigenvalue weighted by Gasteiger charge is 2.13. The number of nitrogens with zero attached hydrogens (tertiary/aromatic N) is 2. The Balaban J connectivity index is 1.39. The van der Waals surface area contributed by atoms with Crippen LogP contribution in [0.2, 0.25) is 0 Å². The maximum Gasteiger partial charge on any atom is 0.220 e. The molecule has 2 aromatic rings. The van der Waals surface area contributed by atoms with Crippen molar-refractivity contribution in [1.82, 2.24) is 10.5 Å². The number of hydrogen-bond donors (Lipinski definition) is 1. The molecular weight excluding hydrogens is 366 g/mol. The van der Waals surface area contributed by atoms with Gasteiger partial charge in [-0.1, -0.05) is 11.6 Å². The van der Waals surface area contributed by atoms with Crippen LogP contribution in [0.4, 0.5) is 0 Å². The molecule has 1 amide bonds. The summed E-state index contributed by atoms with van der Waals surface area (Å²) in [6, 6.07) is 10.1. The molecule has 0 aliphatic carbocycles. The Labute approximate surface area is 172 Å². The summed E-state index contributed by atoms with van der Waals surface area (Å²) in [6.07, 6.45) is 7.39. The first-order chi connectivity index (χ1) is 14.1. The van der Waals surface area contributed by atoms with Gasteiger partial charge in [0.1, 0.15) is 5.75 Å². The van der Waals surface area contributed by atoms with Gasteiger partial charge in [0.2, 0.25) is 5.91 Å². The number of hydrogen-bond acceptors (Lipinski definition) is 5. The molecule has 1 N–H and O–H groups in total. The summed E-state index contributed by atoms with van der Waals surface area (Å²) in [5, 5.41) is 7.17. The fourth-order valence-electron chi connectivity index (χ4n) is 3.46. The summed E-state index contributed by atoms with van der Waals surface area (Å²) in [5.41, 5.74) is 1.83. The van der Waals surface area contributed by atoms with Crippen molar-refractivity contribution < 1.29 is 14.1 Å². The molecule has 2 unspecified atom stereocenters. The van der Waals surface area contributed by atoms with Crippen molar-refractivity contribution in [2.75, 3.05) is 13.2 Å². The van der Waals surface area contributed by atoms with Crippen LogP contribution >= 0.6 is 0 Å². The summed E-state index contributed by atoms with van der Waals surface area (Å²) >= 11 is 0. The van der Waals surface area contributed by atoms with Crippen LogP contribution in [0.3, 0.4) is 0 Å². The lowest BCUT2D eigenvalue weighted by atomic mass is 10.0. The van der Waals surface area contributed by atoms with Crippen LogP contribution in [-0.4, -0.2) is 36.5 Å². The third kappa shape index (κ3) is 6.73. The topological polar surface area (TPSA) is 76.7 Å². The van der Waals surface area contributed by atoms with E-state index in [1.165, 1.54) is 6.42 Å². The Morgan fingerprint density at radius 2 is 2.10 bits per heavy atom. The molecule has 1 aliphatic heterocycles. The van der Waals surface area contributed by atoms with Crippen molar-refractivity contribution in [3.05, 3.63) is 36.0 Å². The molecule has 2 heterocycles. The summed E-state index contributed by atoms with van der Waals surface area (Å²) < 4.78 is 10.9. The van der Waals surface area contributed by atoms with E-state index in [-0.39, 0.29) is 5.91 Å². The maximum atomic E-state index is 12.1. The van der Waals surface area contributed by atoms with Crippen LogP contribution < -0.4 is 10.1 Å². The maximum absolute atomic E-state index is 12.1. The van der Waals surface area contributed by atoms with Gasteiger partial charge in [-0.15, -0.1) is 0 Å². The smallest absolute Gasteiger partial charge is 0.220 e. The van der Waals surface area contributed by atoms with Crippen LogP contribution in [0.1, 0.15) is 51.6 Å². The zero-order chi connectivity index (χ0) is 20.5. The fraction of sp³-hybridized carbons (Fsp3) is 0.522. The molecule has 0 spiro atoms.